The topological polar surface area (TPSA) is 133 Å². The maximum absolute atomic E-state index is 14.0. The number of para-hydroxylation sites is 1. The molecule has 258 valence electrons. The van der Waals surface area contributed by atoms with E-state index in [1.807, 2.05) is 37.4 Å². The molecule has 2 aromatic heterocycles. The number of fused-ring (bicyclic) bond motifs is 1. The second-order valence-electron chi connectivity index (χ2n) is 13.7. The van der Waals surface area contributed by atoms with Gasteiger partial charge in [0.2, 0.25) is 5.91 Å². The summed E-state index contributed by atoms with van der Waals surface area (Å²) in [5.41, 5.74) is 3.18. The number of aromatic nitrogens is 3. The SMILES string of the molecule is COCC1CCN(c2cc(C(=O)NS(=O)(=O)N3CCC[C@H]3C(=O)N3CCN(C)CC3)nc3c2c(C2CCC2)nn3-c2ccccc2)CC1. The first-order valence-corrected chi connectivity index (χ1v) is 18.7. The van der Waals surface area contributed by atoms with E-state index in [9.17, 15) is 18.0 Å². The van der Waals surface area contributed by atoms with Crippen LogP contribution >= 0.6 is 0 Å². The average Bonchev–Trinajstić information content (AvgIpc) is 3.71. The van der Waals surface area contributed by atoms with Gasteiger partial charge in [0, 0.05) is 65.4 Å². The number of pyridine rings is 1. The highest BCUT2D eigenvalue weighted by atomic mass is 32.2. The third-order valence-corrected chi connectivity index (χ3v) is 12.1. The maximum atomic E-state index is 14.0. The third-order valence-electron chi connectivity index (χ3n) is 10.6. The highest BCUT2D eigenvalue weighted by Gasteiger charge is 2.42. The second-order valence-corrected chi connectivity index (χ2v) is 15.3. The molecule has 0 unspecified atom stereocenters. The van der Waals surface area contributed by atoms with Gasteiger partial charge in [0.15, 0.2) is 5.65 Å². The fraction of sp³-hybridized carbons (Fsp3) is 0.588. The normalized spacial score (nSPS) is 21.9. The summed E-state index contributed by atoms with van der Waals surface area (Å²) in [6.07, 6.45) is 6.08. The van der Waals surface area contributed by atoms with Crippen molar-refractivity contribution < 1.29 is 22.7 Å². The molecule has 0 spiro atoms. The van der Waals surface area contributed by atoms with E-state index in [0.717, 1.165) is 85.0 Å². The van der Waals surface area contributed by atoms with Crippen molar-refractivity contribution in [2.45, 2.75) is 56.9 Å². The number of likely N-dealkylation sites (N-methyl/N-ethyl adjacent to an activating group) is 1. The number of anilines is 1. The number of piperidine rings is 1. The van der Waals surface area contributed by atoms with E-state index in [4.69, 9.17) is 14.8 Å². The van der Waals surface area contributed by atoms with Crippen LogP contribution < -0.4 is 9.62 Å². The number of rotatable bonds is 9. The van der Waals surface area contributed by atoms with Gasteiger partial charge in [0.1, 0.15) is 11.7 Å². The van der Waals surface area contributed by atoms with Gasteiger partial charge in [-0.2, -0.15) is 17.8 Å². The fourth-order valence-corrected chi connectivity index (χ4v) is 8.88. The number of hydrogen-bond donors (Lipinski definition) is 1. The van der Waals surface area contributed by atoms with Crippen molar-refractivity contribution in [1.29, 1.82) is 0 Å². The molecule has 0 bridgehead atoms. The van der Waals surface area contributed by atoms with Gasteiger partial charge < -0.3 is 19.4 Å². The monoisotopic (exact) mass is 678 g/mol. The van der Waals surface area contributed by atoms with Gasteiger partial charge in [-0.25, -0.2) is 14.4 Å². The molecule has 2 amide bonds. The number of carbonyl (C=O) groups excluding carboxylic acids is 2. The summed E-state index contributed by atoms with van der Waals surface area (Å²) in [6.45, 7) is 5.02. The van der Waals surface area contributed by atoms with Crippen molar-refractivity contribution in [3.05, 3.63) is 47.8 Å². The predicted octanol–water partition coefficient (Wildman–Crippen LogP) is 2.76. The Labute approximate surface area is 282 Å². The molecular formula is C34H46N8O5S. The quantitative estimate of drug-likeness (QED) is 0.363. The van der Waals surface area contributed by atoms with Crippen molar-refractivity contribution in [2.24, 2.45) is 5.92 Å². The Kier molecular flexibility index (Phi) is 9.42. The first kappa shape index (κ1) is 32.9. The van der Waals surface area contributed by atoms with E-state index in [2.05, 4.69) is 14.5 Å². The zero-order chi connectivity index (χ0) is 33.4. The lowest BCUT2D eigenvalue weighted by Crippen LogP contribution is -2.55. The molecule has 1 saturated carbocycles. The summed E-state index contributed by atoms with van der Waals surface area (Å²) in [6, 6.07) is 10.6. The maximum Gasteiger partial charge on any atom is 0.304 e. The second kappa shape index (κ2) is 13.7. The third kappa shape index (κ3) is 6.42. The Morgan fingerprint density at radius 3 is 2.33 bits per heavy atom. The summed E-state index contributed by atoms with van der Waals surface area (Å²) in [5.74, 6) is -0.269. The van der Waals surface area contributed by atoms with E-state index in [-0.39, 0.29) is 18.1 Å². The molecule has 1 aliphatic carbocycles. The molecule has 13 nitrogen and oxygen atoms in total. The van der Waals surface area contributed by atoms with Gasteiger partial charge >= 0.3 is 10.2 Å². The molecule has 1 N–H and O–H groups in total. The molecule has 1 atom stereocenters. The Bertz CT molecular complexity index is 1750. The van der Waals surface area contributed by atoms with Crippen molar-refractivity contribution >= 4 is 38.7 Å². The van der Waals surface area contributed by atoms with Crippen LogP contribution in [-0.4, -0.2) is 122 Å². The minimum atomic E-state index is -4.33. The van der Waals surface area contributed by atoms with Crippen LogP contribution in [0.2, 0.25) is 0 Å². The standard InChI is InChI=1S/C34H46N8O5S/c1-38-18-20-40(21-19-38)34(44)28-12-7-15-41(28)48(45,46)37-33(43)27-22-29(39-16-13-24(14-17-39)23-47-2)30-31(25-8-6-9-25)36-42(32(30)35-27)26-10-4-3-5-11-26/h3-5,10-11,22,24-25,28H,6-9,12-21,23H2,1-2H3,(H,37,43)/t28-/m0/s1. The molecule has 48 heavy (non-hydrogen) atoms. The molecule has 7 rings (SSSR count). The first-order chi connectivity index (χ1) is 23.2. The predicted molar refractivity (Wildman–Crippen MR) is 182 cm³/mol. The van der Waals surface area contributed by atoms with Crippen LogP contribution in [0, 0.1) is 5.92 Å². The Hall–Kier alpha value is -3.59. The zero-order valence-corrected chi connectivity index (χ0v) is 28.7. The van der Waals surface area contributed by atoms with Crippen molar-refractivity contribution in [2.75, 3.05) is 71.5 Å². The minimum absolute atomic E-state index is 0.00142. The van der Waals surface area contributed by atoms with Crippen molar-refractivity contribution in [3.63, 3.8) is 0 Å². The van der Waals surface area contributed by atoms with Crippen LogP contribution in [-0.2, 0) is 19.7 Å². The molecule has 1 aromatic carbocycles. The summed E-state index contributed by atoms with van der Waals surface area (Å²) >= 11 is 0. The highest BCUT2D eigenvalue weighted by Crippen LogP contribution is 2.43. The zero-order valence-electron chi connectivity index (χ0n) is 27.9. The summed E-state index contributed by atoms with van der Waals surface area (Å²) in [7, 11) is -0.601. The Balaban J connectivity index is 1.23. The van der Waals surface area contributed by atoms with Crippen molar-refractivity contribution in [3.8, 4) is 5.69 Å². The van der Waals surface area contributed by atoms with E-state index in [0.29, 0.717) is 50.0 Å². The van der Waals surface area contributed by atoms with E-state index < -0.39 is 22.2 Å². The van der Waals surface area contributed by atoms with E-state index >= 15 is 0 Å². The van der Waals surface area contributed by atoms with E-state index in [1.54, 1.807) is 22.8 Å². The van der Waals surface area contributed by atoms with Crippen LogP contribution in [0.4, 0.5) is 5.69 Å². The number of piperazine rings is 1. The number of amides is 2. The molecule has 4 fully saturated rings. The van der Waals surface area contributed by atoms with Crippen LogP contribution in [0.5, 0.6) is 0 Å². The molecule has 3 aromatic rings. The lowest BCUT2D eigenvalue weighted by atomic mass is 9.82. The number of benzene rings is 1. The molecule has 0 radical (unpaired) electrons. The number of hydrogen-bond acceptors (Lipinski definition) is 9. The van der Waals surface area contributed by atoms with Gasteiger partial charge in [-0.05, 0) is 69.7 Å². The lowest BCUT2D eigenvalue weighted by molar-refractivity contribution is -0.136. The number of methoxy groups -OCH3 is 1. The number of ether oxygens (including phenoxy) is 1. The molecule has 4 aliphatic rings. The number of nitrogens with zero attached hydrogens (tertiary/aromatic N) is 7. The average molecular weight is 679 g/mol. The van der Waals surface area contributed by atoms with Gasteiger partial charge in [0.25, 0.3) is 5.91 Å². The molecule has 3 saturated heterocycles. The van der Waals surface area contributed by atoms with Crippen LogP contribution in [0.3, 0.4) is 0 Å². The fourth-order valence-electron chi connectivity index (χ4n) is 7.52. The summed E-state index contributed by atoms with van der Waals surface area (Å²) in [4.78, 5) is 38.4. The van der Waals surface area contributed by atoms with Gasteiger partial charge in [-0.15, -0.1) is 0 Å². The van der Waals surface area contributed by atoms with Crippen molar-refractivity contribution in [1.82, 2.24) is 33.6 Å². The van der Waals surface area contributed by atoms with Crippen LogP contribution in [0.1, 0.15) is 67.0 Å². The largest absolute Gasteiger partial charge is 0.384 e. The Morgan fingerprint density at radius 1 is 0.938 bits per heavy atom. The van der Waals surface area contributed by atoms with Gasteiger partial charge in [-0.3, -0.25) is 9.59 Å². The lowest BCUT2D eigenvalue weighted by Gasteiger charge is -2.35. The van der Waals surface area contributed by atoms with E-state index in [1.165, 1.54) is 0 Å². The van der Waals surface area contributed by atoms with Crippen LogP contribution in [0.25, 0.3) is 16.7 Å². The number of nitrogens with one attached hydrogen (secondary N) is 1. The van der Waals surface area contributed by atoms with Gasteiger partial charge in [0.05, 0.1) is 22.5 Å². The molecule has 14 heteroatoms. The molecule has 5 heterocycles. The smallest absolute Gasteiger partial charge is 0.304 e. The highest BCUT2D eigenvalue weighted by molar-refractivity contribution is 7.87. The Morgan fingerprint density at radius 2 is 1.67 bits per heavy atom. The molecule has 3 aliphatic heterocycles. The van der Waals surface area contributed by atoms with Gasteiger partial charge in [-0.1, -0.05) is 24.6 Å². The van der Waals surface area contributed by atoms with Crippen LogP contribution in [0.15, 0.2) is 36.4 Å². The summed E-state index contributed by atoms with van der Waals surface area (Å²) in [5, 5.41) is 6.02. The molecular weight excluding hydrogens is 632 g/mol. The number of carbonyl (C=O) groups is 2. The first-order valence-electron chi connectivity index (χ1n) is 17.3. The minimum Gasteiger partial charge on any atom is -0.384 e. The summed E-state index contributed by atoms with van der Waals surface area (Å²) < 4.78 is 38.3.